The van der Waals surface area contributed by atoms with Crippen molar-refractivity contribution < 1.29 is 9.84 Å². The maximum atomic E-state index is 9.85. The molecule has 0 amide bonds. The number of allylic oxidation sites excluding steroid dienone is 1. The number of hydrogen-bond donors (Lipinski definition) is 2. The van der Waals surface area contributed by atoms with Crippen LogP contribution in [0.4, 0.5) is 5.82 Å². The molecule has 0 saturated carbocycles. The van der Waals surface area contributed by atoms with Crippen molar-refractivity contribution in [2.75, 3.05) is 11.9 Å². The summed E-state index contributed by atoms with van der Waals surface area (Å²) in [5, 5.41) is 13.1. The molecule has 2 heterocycles. The molecule has 1 unspecified atom stereocenters. The zero-order valence-electron chi connectivity index (χ0n) is 16.0. The maximum Gasteiger partial charge on any atom is 0.154 e. The Morgan fingerprint density at radius 2 is 2.04 bits per heavy atom. The summed E-state index contributed by atoms with van der Waals surface area (Å²) in [4.78, 5) is 8.49. The van der Waals surface area contributed by atoms with E-state index >= 15 is 0 Å². The van der Waals surface area contributed by atoms with Crippen molar-refractivity contribution in [3.63, 3.8) is 0 Å². The predicted octanol–water partition coefficient (Wildman–Crippen LogP) is 4.22. The number of rotatable bonds is 7. The van der Waals surface area contributed by atoms with Crippen molar-refractivity contribution in [1.82, 2.24) is 14.5 Å². The van der Waals surface area contributed by atoms with Gasteiger partial charge in [0.1, 0.15) is 17.6 Å². The Bertz CT molecular complexity index is 705. The van der Waals surface area contributed by atoms with Crippen LogP contribution in [-0.4, -0.2) is 38.4 Å². The highest BCUT2D eigenvalue weighted by Gasteiger charge is 2.05. The molecule has 0 spiro atoms. The first-order valence-electron chi connectivity index (χ1n) is 8.70. The number of fused-ring (bicyclic) bond motifs is 1. The molecule has 0 saturated heterocycles. The van der Waals surface area contributed by atoms with Gasteiger partial charge < -0.3 is 19.7 Å². The van der Waals surface area contributed by atoms with E-state index < -0.39 is 0 Å². The quantitative estimate of drug-likeness (QED) is 0.580. The molecule has 0 radical (unpaired) electrons. The Morgan fingerprint density at radius 3 is 2.72 bits per heavy atom. The van der Waals surface area contributed by atoms with E-state index in [9.17, 15) is 5.11 Å². The summed E-state index contributed by atoms with van der Waals surface area (Å²) < 4.78 is 7.52. The fraction of sp³-hybridized carbons (Fsp3) is 0.474. The van der Waals surface area contributed by atoms with Crippen LogP contribution in [0.25, 0.3) is 11.0 Å². The molecule has 0 aliphatic rings. The van der Waals surface area contributed by atoms with Crippen LogP contribution < -0.4 is 5.32 Å². The lowest BCUT2D eigenvalue weighted by Gasteiger charge is -2.12. The van der Waals surface area contributed by atoms with E-state index in [-0.39, 0.29) is 18.0 Å². The predicted molar refractivity (Wildman–Crippen MR) is 104 cm³/mol. The highest BCUT2D eigenvalue weighted by atomic mass is 16.5. The Balaban J connectivity index is 0.00000151. The van der Waals surface area contributed by atoms with Crippen LogP contribution >= 0.6 is 0 Å². The summed E-state index contributed by atoms with van der Waals surface area (Å²) in [5.74, 6) is 0.957. The number of nitrogens with zero attached hydrogens (tertiary/aromatic N) is 3. The van der Waals surface area contributed by atoms with E-state index in [1.54, 1.807) is 12.2 Å². The molecular formula is C19H30N4O2. The number of hydrogen-bond acceptors (Lipinski definition) is 5. The molecule has 6 heteroatoms. The third-order valence-corrected chi connectivity index (χ3v) is 3.23. The van der Waals surface area contributed by atoms with Gasteiger partial charge in [0.05, 0.1) is 17.7 Å². The molecule has 0 bridgehead atoms. The first-order chi connectivity index (χ1) is 12.0. The summed E-state index contributed by atoms with van der Waals surface area (Å²) in [6.07, 6.45) is 8.65. The van der Waals surface area contributed by atoms with E-state index in [4.69, 9.17) is 4.74 Å². The number of aliphatic hydroxyl groups is 1. The normalized spacial score (nSPS) is 13.2. The molecule has 1 atom stereocenters. The molecule has 6 nitrogen and oxygen atoms in total. The standard InChI is InChI=1S/C17H24N4O2.C2H6/c1-12(2)23-13(3)10-14(22)6-5-8-18-17-16-15(19-11-20-17)7-9-21(16)4;1-2/h5-7,9-13,22H,8H2,1-4H3,(H,18,19,20);1-2H3/b6-5-,14-10+;. The maximum absolute atomic E-state index is 9.85. The van der Waals surface area contributed by atoms with Crippen molar-refractivity contribution in [3.05, 3.63) is 42.6 Å². The second kappa shape index (κ2) is 10.5. The smallest absolute Gasteiger partial charge is 0.154 e. The van der Waals surface area contributed by atoms with Crippen LogP contribution in [0.3, 0.4) is 0 Å². The fourth-order valence-corrected chi connectivity index (χ4v) is 2.35. The van der Waals surface area contributed by atoms with Gasteiger partial charge >= 0.3 is 0 Å². The van der Waals surface area contributed by atoms with E-state index in [2.05, 4.69) is 15.3 Å². The van der Waals surface area contributed by atoms with Crippen molar-refractivity contribution in [3.8, 4) is 0 Å². The average Bonchev–Trinajstić information content (AvgIpc) is 2.95. The highest BCUT2D eigenvalue weighted by molar-refractivity contribution is 5.86. The van der Waals surface area contributed by atoms with Gasteiger partial charge in [0.2, 0.25) is 0 Å². The van der Waals surface area contributed by atoms with Crippen molar-refractivity contribution >= 4 is 16.9 Å². The van der Waals surface area contributed by atoms with Crippen LogP contribution in [0.1, 0.15) is 34.6 Å². The first-order valence-corrected chi connectivity index (χ1v) is 8.70. The molecule has 2 aromatic rings. The van der Waals surface area contributed by atoms with E-state index in [0.717, 1.165) is 16.9 Å². The average molecular weight is 346 g/mol. The lowest BCUT2D eigenvalue weighted by atomic mass is 10.3. The number of aromatic nitrogens is 3. The molecule has 0 aromatic carbocycles. The van der Waals surface area contributed by atoms with Crippen LogP contribution in [0.2, 0.25) is 0 Å². The number of aryl methyl sites for hydroxylation is 1. The number of anilines is 1. The Kier molecular flexibility index (Phi) is 8.70. The Morgan fingerprint density at radius 1 is 1.32 bits per heavy atom. The van der Waals surface area contributed by atoms with Crippen LogP contribution in [0, 0.1) is 0 Å². The molecule has 0 aliphatic heterocycles. The third-order valence-electron chi connectivity index (χ3n) is 3.23. The van der Waals surface area contributed by atoms with Crippen molar-refractivity contribution in [2.45, 2.75) is 46.8 Å². The van der Waals surface area contributed by atoms with Gasteiger partial charge in [-0.15, -0.1) is 0 Å². The third kappa shape index (κ3) is 6.58. The van der Waals surface area contributed by atoms with Crippen LogP contribution in [0.5, 0.6) is 0 Å². The molecule has 0 fully saturated rings. The lowest BCUT2D eigenvalue weighted by Crippen LogP contribution is -2.12. The molecule has 0 aliphatic carbocycles. The largest absolute Gasteiger partial charge is 0.508 e. The summed E-state index contributed by atoms with van der Waals surface area (Å²) in [7, 11) is 1.96. The SMILES string of the molecule is CC.CC(C)OC(C)/C=C(O)\C=C/CNc1ncnc2ccn(C)c12. The number of nitrogens with one attached hydrogen (secondary N) is 1. The monoisotopic (exact) mass is 346 g/mol. The summed E-state index contributed by atoms with van der Waals surface area (Å²) in [6, 6.07) is 1.95. The Hall–Kier alpha value is -2.34. The van der Waals surface area contributed by atoms with E-state index in [0.29, 0.717) is 6.54 Å². The summed E-state index contributed by atoms with van der Waals surface area (Å²) >= 11 is 0. The van der Waals surface area contributed by atoms with Crippen LogP contribution in [-0.2, 0) is 11.8 Å². The fourth-order valence-electron chi connectivity index (χ4n) is 2.35. The number of ether oxygens (including phenoxy) is 1. The van der Waals surface area contributed by atoms with Gasteiger partial charge in [-0.25, -0.2) is 9.97 Å². The van der Waals surface area contributed by atoms with Crippen LogP contribution in [0.15, 0.2) is 42.6 Å². The van der Waals surface area contributed by atoms with Gasteiger partial charge in [-0.05, 0) is 39.0 Å². The van der Waals surface area contributed by atoms with E-state index in [1.165, 1.54) is 6.33 Å². The topological polar surface area (TPSA) is 72.2 Å². The zero-order chi connectivity index (χ0) is 18.8. The lowest BCUT2D eigenvalue weighted by molar-refractivity contribution is 0.0446. The van der Waals surface area contributed by atoms with Gasteiger partial charge in [-0.1, -0.05) is 19.9 Å². The van der Waals surface area contributed by atoms with Gasteiger partial charge in [-0.3, -0.25) is 0 Å². The van der Waals surface area contributed by atoms with Gasteiger partial charge in [0, 0.05) is 19.8 Å². The van der Waals surface area contributed by atoms with Crippen molar-refractivity contribution in [2.24, 2.45) is 7.05 Å². The molecule has 25 heavy (non-hydrogen) atoms. The summed E-state index contributed by atoms with van der Waals surface area (Å²) in [6.45, 7) is 10.4. The minimum absolute atomic E-state index is 0.127. The molecule has 2 rings (SSSR count). The number of aliphatic hydroxyl groups excluding tert-OH is 1. The molecule has 138 valence electrons. The highest BCUT2D eigenvalue weighted by Crippen LogP contribution is 2.18. The van der Waals surface area contributed by atoms with E-state index in [1.807, 2.05) is 64.6 Å². The molecule has 2 aromatic heterocycles. The Labute approximate surface area is 150 Å². The minimum Gasteiger partial charge on any atom is -0.508 e. The minimum atomic E-state index is -0.127. The second-order valence-electron chi connectivity index (χ2n) is 5.65. The first kappa shape index (κ1) is 20.7. The van der Waals surface area contributed by atoms with Gasteiger partial charge in [0.15, 0.2) is 5.82 Å². The summed E-state index contributed by atoms with van der Waals surface area (Å²) in [5.41, 5.74) is 1.86. The zero-order valence-corrected chi connectivity index (χ0v) is 16.0. The molecule has 2 N–H and O–H groups in total. The van der Waals surface area contributed by atoms with Crippen molar-refractivity contribution in [1.29, 1.82) is 0 Å². The molecular weight excluding hydrogens is 316 g/mol. The van der Waals surface area contributed by atoms with Gasteiger partial charge in [-0.2, -0.15) is 0 Å². The van der Waals surface area contributed by atoms with Gasteiger partial charge in [0.25, 0.3) is 0 Å². The second-order valence-corrected chi connectivity index (χ2v) is 5.65.